The second-order valence-corrected chi connectivity index (χ2v) is 3.58. The zero-order valence-electron chi connectivity index (χ0n) is 8.48. The van der Waals surface area contributed by atoms with Crippen LogP contribution in [-0.4, -0.2) is 13.6 Å². The summed E-state index contributed by atoms with van der Waals surface area (Å²) in [5, 5.41) is 3.01. The van der Waals surface area contributed by atoms with Crippen LogP contribution in [0.25, 0.3) is 0 Å². The summed E-state index contributed by atoms with van der Waals surface area (Å²) in [4.78, 5) is 0. The maximum Gasteiger partial charge on any atom is 0.162 e. The van der Waals surface area contributed by atoms with Crippen molar-refractivity contribution in [2.45, 2.75) is 13.3 Å². The number of rotatable bonds is 4. The molecule has 1 nitrogen and oxygen atoms in total. The molecule has 0 fully saturated rings. The van der Waals surface area contributed by atoms with E-state index < -0.39 is 11.6 Å². The Morgan fingerprint density at radius 3 is 2.71 bits per heavy atom. The van der Waals surface area contributed by atoms with Gasteiger partial charge in [0.05, 0.1) is 0 Å². The van der Waals surface area contributed by atoms with Gasteiger partial charge in [-0.25, -0.2) is 8.78 Å². The largest absolute Gasteiger partial charge is 0.319 e. The topological polar surface area (TPSA) is 12.0 Å². The fourth-order valence-corrected chi connectivity index (χ4v) is 1.50. The summed E-state index contributed by atoms with van der Waals surface area (Å²) in [6.45, 7) is 2.80. The highest BCUT2D eigenvalue weighted by molar-refractivity contribution is 5.19. The van der Waals surface area contributed by atoms with Crippen LogP contribution in [0.3, 0.4) is 0 Å². The molecule has 0 bridgehead atoms. The van der Waals surface area contributed by atoms with E-state index in [4.69, 9.17) is 0 Å². The lowest BCUT2D eigenvalue weighted by Gasteiger charge is -2.11. The van der Waals surface area contributed by atoms with Crippen molar-refractivity contribution in [1.29, 1.82) is 0 Å². The third-order valence-electron chi connectivity index (χ3n) is 2.15. The lowest BCUT2D eigenvalue weighted by Crippen LogP contribution is -2.18. The SMILES string of the molecule is CNCC(C)Cc1cccc(F)c1F. The van der Waals surface area contributed by atoms with Crippen LogP contribution in [0.1, 0.15) is 12.5 Å². The van der Waals surface area contributed by atoms with Gasteiger partial charge in [0.2, 0.25) is 0 Å². The second kappa shape index (κ2) is 5.05. The minimum Gasteiger partial charge on any atom is -0.319 e. The summed E-state index contributed by atoms with van der Waals surface area (Å²) in [6, 6.07) is 4.31. The Morgan fingerprint density at radius 2 is 2.07 bits per heavy atom. The molecular weight excluding hydrogens is 184 g/mol. The molecule has 1 unspecified atom stereocenters. The normalized spacial score (nSPS) is 12.9. The summed E-state index contributed by atoms with van der Waals surface area (Å²) < 4.78 is 26.0. The number of hydrogen-bond donors (Lipinski definition) is 1. The first-order chi connectivity index (χ1) is 6.65. The van der Waals surface area contributed by atoms with Crippen molar-refractivity contribution < 1.29 is 8.78 Å². The number of benzene rings is 1. The molecule has 78 valence electrons. The van der Waals surface area contributed by atoms with E-state index in [1.54, 1.807) is 12.1 Å². The summed E-state index contributed by atoms with van der Waals surface area (Å²) in [5.74, 6) is -1.18. The first-order valence-corrected chi connectivity index (χ1v) is 4.72. The monoisotopic (exact) mass is 199 g/mol. The quantitative estimate of drug-likeness (QED) is 0.785. The van der Waals surface area contributed by atoms with Crippen molar-refractivity contribution in [2.24, 2.45) is 5.92 Å². The van der Waals surface area contributed by atoms with Crippen LogP contribution in [0.4, 0.5) is 8.78 Å². The van der Waals surface area contributed by atoms with E-state index in [2.05, 4.69) is 5.32 Å². The zero-order valence-corrected chi connectivity index (χ0v) is 8.48. The Balaban J connectivity index is 2.71. The number of halogens is 2. The van der Waals surface area contributed by atoms with E-state index in [9.17, 15) is 8.78 Å². The van der Waals surface area contributed by atoms with E-state index >= 15 is 0 Å². The van der Waals surface area contributed by atoms with Gasteiger partial charge >= 0.3 is 0 Å². The predicted octanol–water partition coefficient (Wildman–Crippen LogP) is 2.36. The summed E-state index contributed by atoms with van der Waals surface area (Å²) in [7, 11) is 1.85. The molecule has 0 aliphatic heterocycles. The van der Waals surface area contributed by atoms with E-state index in [1.807, 2.05) is 14.0 Å². The maximum atomic E-state index is 13.2. The molecule has 3 heteroatoms. The van der Waals surface area contributed by atoms with Crippen molar-refractivity contribution in [3.63, 3.8) is 0 Å². The molecule has 0 aliphatic rings. The van der Waals surface area contributed by atoms with E-state index in [0.717, 1.165) is 12.6 Å². The molecule has 0 heterocycles. The van der Waals surface area contributed by atoms with Gasteiger partial charge in [0, 0.05) is 0 Å². The smallest absolute Gasteiger partial charge is 0.162 e. The highest BCUT2D eigenvalue weighted by Crippen LogP contribution is 2.15. The van der Waals surface area contributed by atoms with Gasteiger partial charge in [-0.1, -0.05) is 19.1 Å². The molecule has 0 saturated heterocycles. The summed E-state index contributed by atoms with van der Waals surface area (Å²) in [6.07, 6.45) is 0.560. The lowest BCUT2D eigenvalue weighted by atomic mass is 10.0. The molecule has 14 heavy (non-hydrogen) atoms. The van der Waals surface area contributed by atoms with Crippen molar-refractivity contribution in [3.8, 4) is 0 Å². The molecule has 0 aliphatic carbocycles. The molecule has 0 spiro atoms. The Morgan fingerprint density at radius 1 is 1.36 bits per heavy atom. The van der Waals surface area contributed by atoms with Gasteiger partial charge in [-0.05, 0) is 37.6 Å². The molecule has 1 aromatic carbocycles. The average Bonchev–Trinajstić information content (AvgIpc) is 2.13. The van der Waals surface area contributed by atoms with Crippen LogP contribution in [0.2, 0.25) is 0 Å². The highest BCUT2D eigenvalue weighted by atomic mass is 19.2. The summed E-state index contributed by atoms with van der Waals surface area (Å²) in [5.41, 5.74) is 0.452. The minimum atomic E-state index is -0.765. The first-order valence-electron chi connectivity index (χ1n) is 4.72. The summed E-state index contributed by atoms with van der Waals surface area (Å²) >= 11 is 0. The van der Waals surface area contributed by atoms with E-state index in [-0.39, 0.29) is 0 Å². The van der Waals surface area contributed by atoms with Crippen LogP contribution in [-0.2, 0) is 6.42 Å². The highest BCUT2D eigenvalue weighted by Gasteiger charge is 2.10. The van der Waals surface area contributed by atoms with Gasteiger partial charge in [0.25, 0.3) is 0 Å². The third kappa shape index (κ3) is 2.77. The van der Waals surface area contributed by atoms with Crippen molar-refractivity contribution in [1.82, 2.24) is 5.32 Å². The van der Waals surface area contributed by atoms with Crippen LogP contribution in [0, 0.1) is 17.6 Å². The molecule has 0 saturated carbocycles. The molecule has 0 aromatic heterocycles. The van der Waals surface area contributed by atoms with Crippen LogP contribution >= 0.6 is 0 Å². The molecular formula is C11H15F2N. The van der Waals surface area contributed by atoms with Gasteiger partial charge in [-0.2, -0.15) is 0 Å². The van der Waals surface area contributed by atoms with Gasteiger partial charge in [0.15, 0.2) is 11.6 Å². The predicted molar refractivity (Wildman–Crippen MR) is 53.2 cm³/mol. The van der Waals surface area contributed by atoms with Gasteiger partial charge in [-0.3, -0.25) is 0 Å². The fraction of sp³-hybridized carbons (Fsp3) is 0.455. The van der Waals surface area contributed by atoms with Crippen molar-refractivity contribution in [2.75, 3.05) is 13.6 Å². The Kier molecular flexibility index (Phi) is 4.01. The molecule has 0 amide bonds. The van der Waals surface area contributed by atoms with Gasteiger partial charge in [0.1, 0.15) is 0 Å². The molecule has 1 rings (SSSR count). The standard InChI is InChI=1S/C11H15F2N/c1-8(7-14-2)6-9-4-3-5-10(12)11(9)13/h3-5,8,14H,6-7H2,1-2H3. The Hall–Kier alpha value is -0.960. The van der Waals surface area contributed by atoms with Crippen LogP contribution < -0.4 is 5.32 Å². The van der Waals surface area contributed by atoms with Crippen molar-refractivity contribution >= 4 is 0 Å². The van der Waals surface area contributed by atoms with Crippen molar-refractivity contribution in [3.05, 3.63) is 35.4 Å². The molecule has 1 aromatic rings. The zero-order chi connectivity index (χ0) is 10.6. The fourth-order valence-electron chi connectivity index (χ4n) is 1.50. The number of hydrogen-bond acceptors (Lipinski definition) is 1. The molecule has 1 atom stereocenters. The third-order valence-corrected chi connectivity index (χ3v) is 2.15. The van der Waals surface area contributed by atoms with Crippen LogP contribution in [0.15, 0.2) is 18.2 Å². The lowest BCUT2D eigenvalue weighted by molar-refractivity contribution is 0.477. The first kappa shape index (κ1) is 11.1. The molecule has 0 radical (unpaired) electrons. The number of nitrogens with one attached hydrogen (secondary N) is 1. The van der Waals surface area contributed by atoms with Gasteiger partial charge < -0.3 is 5.32 Å². The second-order valence-electron chi connectivity index (χ2n) is 3.58. The van der Waals surface area contributed by atoms with E-state index in [1.165, 1.54) is 0 Å². The van der Waals surface area contributed by atoms with E-state index in [0.29, 0.717) is 17.9 Å². The Labute approximate surface area is 83.1 Å². The average molecular weight is 199 g/mol. The Bertz CT molecular complexity index is 299. The van der Waals surface area contributed by atoms with Gasteiger partial charge in [-0.15, -0.1) is 0 Å². The molecule has 1 N–H and O–H groups in total. The maximum absolute atomic E-state index is 13.2. The minimum absolute atomic E-state index is 0.302. The van der Waals surface area contributed by atoms with Crippen LogP contribution in [0.5, 0.6) is 0 Å².